The molecule has 0 spiro atoms. The summed E-state index contributed by atoms with van der Waals surface area (Å²) in [6.45, 7) is 0. The summed E-state index contributed by atoms with van der Waals surface area (Å²) in [6.07, 6.45) is 1.59. The van der Waals surface area contributed by atoms with E-state index in [0.717, 1.165) is 22.6 Å². The molecule has 2 heterocycles. The number of methoxy groups -OCH3 is 1. The quantitative estimate of drug-likeness (QED) is 0.293. The largest absolute Gasteiger partial charge is 0.496 e. The number of nitrogens with zero attached hydrogens (tertiary/aromatic N) is 3. The molecule has 6 nitrogen and oxygen atoms in total. The number of aromatic nitrogens is 3. The van der Waals surface area contributed by atoms with Crippen LogP contribution in [0.1, 0.15) is 5.01 Å². The van der Waals surface area contributed by atoms with Gasteiger partial charge in [0, 0.05) is 23.2 Å². The molecule has 0 aliphatic carbocycles. The minimum Gasteiger partial charge on any atom is -0.496 e. The van der Waals surface area contributed by atoms with Crippen molar-refractivity contribution in [2.24, 2.45) is 0 Å². The summed E-state index contributed by atoms with van der Waals surface area (Å²) in [7, 11) is -2.12. The van der Waals surface area contributed by atoms with Crippen molar-refractivity contribution < 1.29 is 21.9 Å². The molecule has 0 bridgehead atoms. The maximum absolute atomic E-state index is 13.7. The Morgan fingerprint density at radius 1 is 0.914 bits per heavy atom. The Kier molecular flexibility index (Phi) is 6.00. The van der Waals surface area contributed by atoms with Crippen LogP contribution >= 0.6 is 11.3 Å². The van der Waals surface area contributed by atoms with E-state index < -0.39 is 21.5 Å². The molecule has 0 amide bonds. The Bertz CT molecular complexity index is 1640. The van der Waals surface area contributed by atoms with Gasteiger partial charge in [-0.15, -0.1) is 21.5 Å². The van der Waals surface area contributed by atoms with Gasteiger partial charge in [-0.3, -0.25) is 4.98 Å². The maximum Gasteiger partial charge on any atom is 0.185 e. The van der Waals surface area contributed by atoms with E-state index in [0.29, 0.717) is 27.4 Å². The van der Waals surface area contributed by atoms with Crippen molar-refractivity contribution in [1.82, 2.24) is 15.2 Å². The first-order valence-electron chi connectivity index (χ1n) is 10.4. The third-order valence-corrected chi connectivity index (χ3v) is 7.99. The van der Waals surface area contributed by atoms with Crippen LogP contribution in [0.5, 0.6) is 5.75 Å². The van der Waals surface area contributed by atoms with Gasteiger partial charge in [-0.2, -0.15) is 0 Å². The molecule has 0 N–H and O–H groups in total. The molecule has 0 atom stereocenters. The Morgan fingerprint density at radius 3 is 2.43 bits per heavy atom. The van der Waals surface area contributed by atoms with E-state index in [2.05, 4.69) is 15.2 Å². The van der Waals surface area contributed by atoms with Crippen LogP contribution in [0.25, 0.3) is 33.2 Å². The van der Waals surface area contributed by atoms with Crippen LogP contribution in [0.15, 0.2) is 77.3 Å². The van der Waals surface area contributed by atoms with Crippen molar-refractivity contribution >= 4 is 32.1 Å². The lowest BCUT2D eigenvalue weighted by Crippen LogP contribution is -2.05. The number of pyridine rings is 1. The summed E-state index contributed by atoms with van der Waals surface area (Å²) in [5.41, 5.74) is 4.47. The van der Waals surface area contributed by atoms with Gasteiger partial charge in [0.05, 0.1) is 17.5 Å². The van der Waals surface area contributed by atoms with E-state index in [-0.39, 0.29) is 10.6 Å². The van der Waals surface area contributed by atoms with Gasteiger partial charge in [-0.25, -0.2) is 17.2 Å². The van der Waals surface area contributed by atoms with E-state index in [9.17, 15) is 17.2 Å². The number of hydrogen-bond donors (Lipinski definition) is 0. The van der Waals surface area contributed by atoms with Crippen LogP contribution in [0.4, 0.5) is 8.78 Å². The molecule has 10 heteroatoms. The van der Waals surface area contributed by atoms with Gasteiger partial charge in [-0.1, -0.05) is 18.2 Å². The highest BCUT2D eigenvalue weighted by Crippen LogP contribution is 2.38. The fourth-order valence-corrected chi connectivity index (χ4v) is 6.04. The molecule has 5 rings (SSSR count). The molecule has 3 aromatic carbocycles. The van der Waals surface area contributed by atoms with Crippen LogP contribution in [0, 0.1) is 11.6 Å². The van der Waals surface area contributed by atoms with Gasteiger partial charge in [-0.05, 0) is 53.1 Å². The molecule has 0 aliphatic heterocycles. The maximum atomic E-state index is 13.7. The first-order chi connectivity index (χ1) is 16.8. The third-order valence-electron chi connectivity index (χ3n) is 5.48. The summed E-state index contributed by atoms with van der Waals surface area (Å²) in [5, 5.41) is 8.65. The summed E-state index contributed by atoms with van der Waals surface area (Å²) in [5.74, 6) is -1.08. The average Bonchev–Trinajstić information content (AvgIpc) is 3.34. The van der Waals surface area contributed by atoms with Crippen molar-refractivity contribution in [3.05, 3.63) is 89.0 Å². The number of halogens is 2. The van der Waals surface area contributed by atoms with E-state index in [4.69, 9.17) is 4.74 Å². The number of hydrogen-bond acceptors (Lipinski definition) is 7. The fourth-order valence-electron chi connectivity index (χ4n) is 3.87. The highest BCUT2D eigenvalue weighted by atomic mass is 32.2. The van der Waals surface area contributed by atoms with E-state index in [1.165, 1.54) is 42.2 Å². The number of fused-ring (bicyclic) bond motifs is 1. The number of benzene rings is 3. The zero-order valence-electron chi connectivity index (χ0n) is 18.3. The number of ether oxygens (including phenoxy) is 1. The van der Waals surface area contributed by atoms with Gasteiger partial charge in [0.25, 0.3) is 0 Å². The SMILES string of the molecule is COc1cc(-c2cc(F)cc(F)c2)ccc1-c1ccnc2cc(S(=O)(=O)Cc3nncs3)ccc12. The van der Waals surface area contributed by atoms with Gasteiger partial charge in [0.15, 0.2) is 9.84 Å². The fraction of sp³-hybridized carbons (Fsp3) is 0.0800. The molecule has 0 radical (unpaired) electrons. The molecule has 5 aromatic rings. The van der Waals surface area contributed by atoms with E-state index in [1.807, 2.05) is 0 Å². The normalized spacial score (nSPS) is 11.6. The minimum atomic E-state index is -3.63. The molecule has 0 saturated heterocycles. The zero-order valence-corrected chi connectivity index (χ0v) is 19.9. The Hall–Kier alpha value is -3.76. The lowest BCUT2D eigenvalue weighted by Gasteiger charge is -2.14. The van der Waals surface area contributed by atoms with Crippen LogP contribution in [-0.4, -0.2) is 30.7 Å². The van der Waals surface area contributed by atoms with Gasteiger partial charge >= 0.3 is 0 Å². The average molecular weight is 510 g/mol. The zero-order chi connectivity index (χ0) is 24.6. The lowest BCUT2D eigenvalue weighted by atomic mass is 9.97. The summed E-state index contributed by atoms with van der Waals surface area (Å²) >= 11 is 1.18. The van der Waals surface area contributed by atoms with Crippen LogP contribution in [0.2, 0.25) is 0 Å². The molecule has 0 saturated carbocycles. The van der Waals surface area contributed by atoms with Crippen molar-refractivity contribution in [3.8, 4) is 28.0 Å². The molecule has 0 aliphatic rings. The van der Waals surface area contributed by atoms with Crippen molar-refractivity contribution in [3.63, 3.8) is 0 Å². The second-order valence-corrected chi connectivity index (χ2v) is 10.6. The first kappa shape index (κ1) is 23.0. The topological polar surface area (TPSA) is 82.0 Å². The predicted octanol–water partition coefficient (Wildman–Crippen LogP) is 5.68. The standard InChI is InChI=1S/C25H17F2N3O3S2/c1-33-24-10-15(16-8-17(26)11-18(27)9-16)2-4-22(24)20-6-7-28-23-12-19(3-5-21(20)23)35(31,32)13-25-30-29-14-34-25/h2-12,14H,13H2,1H3. The molecule has 0 unspecified atom stereocenters. The number of sulfone groups is 1. The molecular formula is C25H17F2N3O3S2. The highest BCUT2D eigenvalue weighted by molar-refractivity contribution is 7.90. The van der Waals surface area contributed by atoms with E-state index in [1.54, 1.807) is 42.6 Å². The Labute approximate surface area is 203 Å². The second kappa shape index (κ2) is 9.12. The summed E-state index contributed by atoms with van der Waals surface area (Å²) in [6, 6.07) is 15.2. The van der Waals surface area contributed by atoms with Crippen LogP contribution < -0.4 is 4.74 Å². The van der Waals surface area contributed by atoms with E-state index >= 15 is 0 Å². The van der Waals surface area contributed by atoms with Crippen LogP contribution in [0.3, 0.4) is 0 Å². The number of rotatable bonds is 6. The van der Waals surface area contributed by atoms with Crippen molar-refractivity contribution in [2.75, 3.05) is 7.11 Å². The Morgan fingerprint density at radius 2 is 1.71 bits per heavy atom. The highest BCUT2D eigenvalue weighted by Gasteiger charge is 2.19. The summed E-state index contributed by atoms with van der Waals surface area (Å²) in [4.78, 5) is 4.50. The predicted molar refractivity (Wildman–Crippen MR) is 130 cm³/mol. The molecule has 2 aromatic heterocycles. The molecular weight excluding hydrogens is 492 g/mol. The lowest BCUT2D eigenvalue weighted by molar-refractivity contribution is 0.416. The second-order valence-electron chi connectivity index (χ2n) is 7.70. The molecule has 176 valence electrons. The minimum absolute atomic E-state index is 0.139. The molecule has 35 heavy (non-hydrogen) atoms. The van der Waals surface area contributed by atoms with Crippen LogP contribution in [-0.2, 0) is 15.6 Å². The van der Waals surface area contributed by atoms with Crippen molar-refractivity contribution in [1.29, 1.82) is 0 Å². The monoisotopic (exact) mass is 509 g/mol. The first-order valence-corrected chi connectivity index (χ1v) is 12.9. The molecule has 0 fully saturated rings. The third kappa shape index (κ3) is 4.62. The van der Waals surface area contributed by atoms with Gasteiger partial charge < -0.3 is 4.74 Å². The Balaban J connectivity index is 1.57. The van der Waals surface area contributed by atoms with Gasteiger partial charge in [0.1, 0.15) is 33.7 Å². The van der Waals surface area contributed by atoms with Crippen molar-refractivity contribution in [2.45, 2.75) is 10.6 Å². The van der Waals surface area contributed by atoms with Gasteiger partial charge in [0.2, 0.25) is 0 Å². The summed E-state index contributed by atoms with van der Waals surface area (Å²) < 4.78 is 58.7. The smallest absolute Gasteiger partial charge is 0.185 e.